The van der Waals surface area contributed by atoms with Crippen molar-refractivity contribution in [3.05, 3.63) is 0 Å². The summed E-state index contributed by atoms with van der Waals surface area (Å²) < 4.78 is 0. The van der Waals surface area contributed by atoms with Crippen LogP contribution in [0.2, 0.25) is 0 Å². The summed E-state index contributed by atoms with van der Waals surface area (Å²) in [6.07, 6.45) is 4.57. The summed E-state index contributed by atoms with van der Waals surface area (Å²) in [4.78, 5) is 0. The minimum Gasteiger partial charge on any atom is -0.0617 e. The van der Waals surface area contributed by atoms with Gasteiger partial charge in [0.25, 0.3) is 0 Å². The molecule has 10 heavy (non-hydrogen) atoms. The summed E-state index contributed by atoms with van der Waals surface area (Å²) in [5.74, 6) is 3.14. The lowest BCUT2D eigenvalue weighted by atomic mass is 9.70. The van der Waals surface area contributed by atoms with Crippen molar-refractivity contribution in [2.45, 2.75) is 40.0 Å². The highest BCUT2D eigenvalue weighted by atomic mass is 14.5. The Labute approximate surface area is 64.0 Å². The maximum Gasteiger partial charge on any atom is -0.0297 e. The van der Waals surface area contributed by atoms with Crippen LogP contribution in [-0.2, 0) is 0 Å². The molecule has 2 fully saturated rings. The Kier molecular flexibility index (Phi) is 1.19. The molecule has 2 aliphatic rings. The number of rotatable bonds is 0. The van der Waals surface area contributed by atoms with Crippen molar-refractivity contribution in [1.82, 2.24) is 0 Å². The molecule has 0 spiro atoms. The van der Waals surface area contributed by atoms with Crippen LogP contribution < -0.4 is 0 Å². The fourth-order valence-corrected chi connectivity index (χ4v) is 3.13. The van der Waals surface area contributed by atoms with Crippen molar-refractivity contribution in [1.29, 1.82) is 0 Å². The van der Waals surface area contributed by atoms with Crippen molar-refractivity contribution in [2.24, 2.45) is 23.2 Å². The Balaban J connectivity index is 2.25. The van der Waals surface area contributed by atoms with Crippen LogP contribution in [0.3, 0.4) is 0 Å². The van der Waals surface area contributed by atoms with Gasteiger partial charge >= 0.3 is 0 Å². The molecule has 0 heterocycles. The van der Waals surface area contributed by atoms with Crippen LogP contribution in [0.4, 0.5) is 0 Å². The van der Waals surface area contributed by atoms with Gasteiger partial charge in [0.05, 0.1) is 0 Å². The Morgan fingerprint density at radius 3 is 2.20 bits per heavy atom. The molecule has 0 nitrogen and oxygen atoms in total. The van der Waals surface area contributed by atoms with Crippen molar-refractivity contribution < 1.29 is 0 Å². The molecule has 0 aromatic rings. The number of hydrogen-bond donors (Lipinski definition) is 0. The van der Waals surface area contributed by atoms with Crippen molar-refractivity contribution in [2.75, 3.05) is 0 Å². The van der Waals surface area contributed by atoms with Gasteiger partial charge < -0.3 is 0 Å². The molecule has 0 saturated heterocycles. The van der Waals surface area contributed by atoms with Gasteiger partial charge in [0.2, 0.25) is 0 Å². The third-order valence-corrected chi connectivity index (χ3v) is 4.41. The Hall–Kier alpha value is 0. The van der Waals surface area contributed by atoms with E-state index in [9.17, 15) is 0 Å². The zero-order valence-electron chi connectivity index (χ0n) is 7.35. The Morgan fingerprint density at radius 1 is 1.20 bits per heavy atom. The second-order valence-electron chi connectivity index (χ2n) is 4.88. The van der Waals surface area contributed by atoms with E-state index in [-0.39, 0.29) is 0 Å². The van der Waals surface area contributed by atoms with Crippen LogP contribution >= 0.6 is 0 Å². The molecule has 0 aliphatic heterocycles. The van der Waals surface area contributed by atoms with E-state index >= 15 is 0 Å². The van der Waals surface area contributed by atoms with Crippen LogP contribution in [-0.4, -0.2) is 0 Å². The first-order valence-electron chi connectivity index (χ1n) is 4.62. The molecule has 0 N–H and O–H groups in total. The molecule has 2 unspecified atom stereocenters. The quantitative estimate of drug-likeness (QED) is 0.482. The molecule has 2 bridgehead atoms. The summed E-state index contributed by atoms with van der Waals surface area (Å²) in [6.45, 7) is 7.37. The number of hydrogen-bond acceptors (Lipinski definition) is 0. The molecule has 3 atom stereocenters. The smallest absolute Gasteiger partial charge is 0.0297 e. The average molecular weight is 138 g/mol. The summed E-state index contributed by atoms with van der Waals surface area (Å²) in [5.41, 5.74) is 0.670. The topological polar surface area (TPSA) is 0 Å². The van der Waals surface area contributed by atoms with Gasteiger partial charge in [-0.05, 0) is 42.4 Å². The van der Waals surface area contributed by atoms with E-state index in [1.807, 2.05) is 0 Å². The molecule has 0 radical (unpaired) electrons. The molecule has 2 aliphatic carbocycles. The molecule has 0 aromatic carbocycles. The van der Waals surface area contributed by atoms with E-state index in [1.165, 1.54) is 19.3 Å². The predicted octanol–water partition coefficient (Wildman–Crippen LogP) is 3.08. The standard InChI is InChI=1S/C10H18/c1-7-8-4-5-9(6-8)10(7,2)3/h7-9H,4-6H2,1-3H3/t7-,8?,9?/m1/s1. The van der Waals surface area contributed by atoms with Gasteiger partial charge in [0.1, 0.15) is 0 Å². The molecule has 0 heteroatoms. The summed E-state index contributed by atoms with van der Waals surface area (Å²) in [5, 5.41) is 0. The first-order chi connectivity index (χ1) is 4.62. The third kappa shape index (κ3) is 0.627. The van der Waals surface area contributed by atoms with Gasteiger partial charge in [-0.2, -0.15) is 0 Å². The van der Waals surface area contributed by atoms with Crippen molar-refractivity contribution in [3.8, 4) is 0 Å². The van der Waals surface area contributed by atoms with Crippen molar-refractivity contribution in [3.63, 3.8) is 0 Å². The lowest BCUT2D eigenvalue weighted by Crippen LogP contribution is -2.28. The minimum atomic E-state index is 0.670. The van der Waals surface area contributed by atoms with Crippen LogP contribution in [0.25, 0.3) is 0 Å². The van der Waals surface area contributed by atoms with Gasteiger partial charge in [-0.25, -0.2) is 0 Å². The van der Waals surface area contributed by atoms with Crippen LogP contribution in [0.5, 0.6) is 0 Å². The van der Waals surface area contributed by atoms with Gasteiger partial charge in [0.15, 0.2) is 0 Å². The van der Waals surface area contributed by atoms with E-state index in [1.54, 1.807) is 0 Å². The molecule has 58 valence electrons. The van der Waals surface area contributed by atoms with Crippen LogP contribution in [0.1, 0.15) is 40.0 Å². The van der Waals surface area contributed by atoms with Gasteiger partial charge in [-0.3, -0.25) is 0 Å². The molecule has 0 amide bonds. The first-order valence-corrected chi connectivity index (χ1v) is 4.62. The largest absolute Gasteiger partial charge is 0.0617 e. The minimum absolute atomic E-state index is 0.670. The van der Waals surface area contributed by atoms with E-state index in [0.29, 0.717) is 5.41 Å². The SMILES string of the molecule is C[C@@H]1C2CCC(C2)C1(C)C. The first kappa shape index (κ1) is 6.69. The van der Waals surface area contributed by atoms with Gasteiger partial charge in [0, 0.05) is 0 Å². The highest BCUT2D eigenvalue weighted by Crippen LogP contribution is 2.58. The van der Waals surface area contributed by atoms with Crippen molar-refractivity contribution >= 4 is 0 Å². The molecule has 2 rings (SSSR count). The fourth-order valence-electron chi connectivity index (χ4n) is 3.13. The Bertz CT molecular complexity index is 142. The molecule has 0 aromatic heterocycles. The second-order valence-corrected chi connectivity index (χ2v) is 4.88. The zero-order valence-corrected chi connectivity index (χ0v) is 7.35. The third-order valence-electron chi connectivity index (χ3n) is 4.41. The van der Waals surface area contributed by atoms with Crippen LogP contribution in [0, 0.1) is 23.2 Å². The summed E-state index contributed by atoms with van der Waals surface area (Å²) in [7, 11) is 0. The van der Waals surface area contributed by atoms with E-state index in [0.717, 1.165) is 17.8 Å². The lowest BCUT2D eigenvalue weighted by Gasteiger charge is -2.35. The lowest BCUT2D eigenvalue weighted by molar-refractivity contribution is 0.137. The monoisotopic (exact) mass is 138 g/mol. The highest BCUT2D eigenvalue weighted by molar-refractivity contribution is 4.99. The maximum absolute atomic E-state index is 2.46. The predicted molar refractivity (Wildman–Crippen MR) is 43.8 cm³/mol. The average Bonchev–Trinajstić information content (AvgIpc) is 2.37. The van der Waals surface area contributed by atoms with E-state index in [4.69, 9.17) is 0 Å². The Morgan fingerprint density at radius 2 is 1.90 bits per heavy atom. The normalized spacial score (nSPS) is 50.1. The fraction of sp³-hybridized carbons (Fsp3) is 1.00. The molecule has 2 saturated carbocycles. The highest BCUT2D eigenvalue weighted by Gasteiger charge is 2.50. The van der Waals surface area contributed by atoms with Crippen LogP contribution in [0.15, 0.2) is 0 Å². The molecular weight excluding hydrogens is 120 g/mol. The number of fused-ring (bicyclic) bond motifs is 2. The maximum atomic E-state index is 2.46. The van der Waals surface area contributed by atoms with E-state index in [2.05, 4.69) is 20.8 Å². The van der Waals surface area contributed by atoms with Gasteiger partial charge in [-0.1, -0.05) is 20.8 Å². The molecular formula is C10H18. The summed E-state index contributed by atoms with van der Waals surface area (Å²) >= 11 is 0. The van der Waals surface area contributed by atoms with E-state index < -0.39 is 0 Å². The summed E-state index contributed by atoms with van der Waals surface area (Å²) in [6, 6.07) is 0. The second kappa shape index (κ2) is 1.78. The van der Waals surface area contributed by atoms with Gasteiger partial charge in [-0.15, -0.1) is 0 Å². The zero-order chi connectivity index (χ0) is 7.35.